The predicted octanol–water partition coefficient (Wildman–Crippen LogP) is 3.23. The zero-order valence-corrected chi connectivity index (χ0v) is 17.4. The maximum atomic E-state index is 14.3. The number of alkyl halides is 1. The number of benzene rings is 2. The quantitative estimate of drug-likeness (QED) is 0.707. The van der Waals surface area contributed by atoms with Crippen LogP contribution < -0.4 is 4.74 Å². The van der Waals surface area contributed by atoms with E-state index in [4.69, 9.17) is 4.74 Å². The summed E-state index contributed by atoms with van der Waals surface area (Å²) in [5.41, 5.74) is 1.61. The molecule has 0 saturated carbocycles. The molecule has 0 N–H and O–H groups in total. The third kappa shape index (κ3) is 3.92. The Morgan fingerprint density at radius 1 is 1.13 bits per heavy atom. The fourth-order valence-electron chi connectivity index (χ4n) is 3.90. The molecule has 3 heterocycles. The Morgan fingerprint density at radius 2 is 1.94 bits per heavy atom. The second kappa shape index (κ2) is 7.69. The summed E-state index contributed by atoms with van der Waals surface area (Å²) in [6.45, 7) is 1.40. The van der Waals surface area contributed by atoms with Gasteiger partial charge in [0.2, 0.25) is 10.0 Å². The van der Waals surface area contributed by atoms with Crippen molar-refractivity contribution in [2.45, 2.75) is 18.3 Å². The molecule has 0 radical (unpaired) electrons. The van der Waals surface area contributed by atoms with Gasteiger partial charge in [0.05, 0.1) is 24.3 Å². The summed E-state index contributed by atoms with van der Waals surface area (Å²) in [5, 5.41) is 0. The highest BCUT2D eigenvalue weighted by Crippen LogP contribution is 2.33. The first-order valence-corrected chi connectivity index (χ1v) is 11.6. The van der Waals surface area contributed by atoms with Gasteiger partial charge in [0, 0.05) is 30.8 Å². The molecule has 10 heteroatoms. The van der Waals surface area contributed by atoms with E-state index in [0.717, 1.165) is 27.9 Å². The fraction of sp³-hybridized carbons (Fsp3) is 0.333. The number of hydrogen-bond acceptors (Lipinski definition) is 6. The van der Waals surface area contributed by atoms with E-state index in [2.05, 4.69) is 9.98 Å². The van der Waals surface area contributed by atoms with Gasteiger partial charge in [-0.15, -0.1) is 0 Å². The van der Waals surface area contributed by atoms with E-state index in [1.54, 1.807) is 12.4 Å². The van der Waals surface area contributed by atoms with Crippen LogP contribution in [0.5, 0.6) is 11.5 Å². The van der Waals surface area contributed by atoms with Crippen LogP contribution in [0.25, 0.3) is 0 Å². The second-order valence-corrected chi connectivity index (χ2v) is 9.65. The molecule has 0 amide bonds. The third-order valence-electron chi connectivity index (χ3n) is 5.50. The van der Waals surface area contributed by atoms with Crippen molar-refractivity contribution in [2.75, 3.05) is 26.2 Å². The first-order valence-electron chi connectivity index (χ1n) is 9.97. The van der Waals surface area contributed by atoms with Gasteiger partial charge in [-0.25, -0.2) is 22.2 Å². The maximum absolute atomic E-state index is 14.3. The zero-order valence-electron chi connectivity index (χ0n) is 16.5. The Bertz CT molecular complexity index is 1200. The van der Waals surface area contributed by atoms with Crippen LogP contribution in [-0.4, -0.2) is 62.1 Å². The van der Waals surface area contributed by atoms with Crippen LogP contribution in [0.2, 0.25) is 0 Å². The van der Waals surface area contributed by atoms with Crippen molar-refractivity contribution >= 4 is 27.9 Å². The molecule has 31 heavy (non-hydrogen) atoms. The van der Waals surface area contributed by atoms with E-state index in [-0.39, 0.29) is 25.1 Å². The Labute approximate surface area is 178 Å². The molecule has 0 spiro atoms. The van der Waals surface area contributed by atoms with E-state index in [9.17, 15) is 17.2 Å². The first kappa shape index (κ1) is 20.1. The summed E-state index contributed by atoms with van der Waals surface area (Å²) in [7, 11) is -3.82. The molecule has 0 unspecified atom stereocenters. The summed E-state index contributed by atoms with van der Waals surface area (Å²) in [4.78, 5) is 10.9. The average Bonchev–Trinajstić information content (AvgIpc) is 3.40. The summed E-state index contributed by atoms with van der Waals surface area (Å²) in [6.07, 6.45) is 0.742. The van der Waals surface area contributed by atoms with E-state index in [1.165, 1.54) is 18.2 Å². The van der Waals surface area contributed by atoms with Crippen molar-refractivity contribution in [1.29, 1.82) is 0 Å². The minimum Gasteiger partial charge on any atom is -0.457 e. The van der Waals surface area contributed by atoms with Crippen molar-refractivity contribution in [2.24, 2.45) is 9.98 Å². The van der Waals surface area contributed by atoms with Crippen LogP contribution in [0, 0.1) is 5.82 Å². The zero-order chi connectivity index (χ0) is 21.6. The lowest BCUT2D eigenvalue weighted by atomic mass is 10.1. The molecule has 0 aliphatic carbocycles. The normalized spacial score (nSPS) is 20.5. The van der Waals surface area contributed by atoms with Crippen LogP contribution in [-0.2, 0) is 15.8 Å². The van der Waals surface area contributed by atoms with E-state index in [1.807, 2.05) is 17.0 Å². The lowest BCUT2D eigenvalue weighted by molar-refractivity contribution is 0.343. The summed E-state index contributed by atoms with van der Waals surface area (Å²) < 4.78 is 59.8. The molecular formula is C21H20F2N4O3S. The van der Waals surface area contributed by atoms with Gasteiger partial charge < -0.3 is 9.64 Å². The molecule has 0 aromatic heterocycles. The number of sulfonamides is 1. The smallest absolute Gasteiger partial charge is 0.218 e. The molecule has 2 aromatic carbocycles. The number of ether oxygens (including phenoxy) is 1. The summed E-state index contributed by atoms with van der Waals surface area (Å²) in [5.74, 6) is 0.445. The number of rotatable bonds is 5. The highest BCUT2D eigenvalue weighted by Gasteiger charge is 2.32. The largest absolute Gasteiger partial charge is 0.457 e. The Kier molecular flexibility index (Phi) is 4.98. The Balaban J connectivity index is 1.38. The molecule has 1 atom stereocenters. The second-order valence-electron chi connectivity index (χ2n) is 7.68. The lowest BCUT2D eigenvalue weighted by Gasteiger charge is -2.21. The van der Waals surface area contributed by atoms with Gasteiger partial charge in [-0.2, -0.15) is 4.31 Å². The molecule has 2 aromatic rings. The number of halogens is 2. The van der Waals surface area contributed by atoms with E-state index in [0.29, 0.717) is 18.0 Å². The van der Waals surface area contributed by atoms with Crippen molar-refractivity contribution in [3.05, 3.63) is 53.3 Å². The minimum absolute atomic E-state index is 0.0197. The third-order valence-corrected chi connectivity index (χ3v) is 7.29. The molecular weight excluding hydrogens is 426 g/mol. The van der Waals surface area contributed by atoms with Crippen LogP contribution in [0.3, 0.4) is 0 Å². The van der Waals surface area contributed by atoms with Crippen molar-refractivity contribution < 1.29 is 21.9 Å². The van der Waals surface area contributed by atoms with E-state index >= 15 is 0 Å². The summed E-state index contributed by atoms with van der Waals surface area (Å²) >= 11 is 0. The molecule has 0 bridgehead atoms. The van der Waals surface area contributed by atoms with Crippen molar-refractivity contribution in [3.63, 3.8) is 0 Å². The number of aliphatic imine (C=N–C) groups is 2. The number of hydrogen-bond donors (Lipinski definition) is 0. The molecule has 162 valence electrons. The summed E-state index contributed by atoms with van der Waals surface area (Å²) in [6, 6.07) is 9.35. The number of amidine groups is 1. The van der Waals surface area contributed by atoms with Crippen molar-refractivity contribution in [3.8, 4) is 11.5 Å². The predicted molar refractivity (Wildman–Crippen MR) is 113 cm³/mol. The topological polar surface area (TPSA) is 74.6 Å². The molecule has 5 rings (SSSR count). The van der Waals surface area contributed by atoms with Gasteiger partial charge in [0.15, 0.2) is 0 Å². The Morgan fingerprint density at radius 3 is 2.74 bits per heavy atom. The molecule has 3 aliphatic heterocycles. The molecule has 1 saturated heterocycles. The molecule has 1 fully saturated rings. The first-order chi connectivity index (χ1) is 14.9. The van der Waals surface area contributed by atoms with Gasteiger partial charge in [-0.1, -0.05) is 0 Å². The number of nitrogens with zero attached hydrogens (tertiary/aromatic N) is 4. The standard InChI is InChI=1S/C21H20F2N4O3S/c22-15-5-7-27(11-15)31(28,29)12-14-9-16(1-3-19(14)23)30-17-2-4-20-18(10-17)21-24-6-8-26(21)13-25-20/h1-4,9-10,13,15H,5-8,11-12H2/t15-/m1/s1. The highest BCUT2D eigenvalue weighted by atomic mass is 32.2. The van der Waals surface area contributed by atoms with Gasteiger partial charge in [-0.05, 0) is 42.8 Å². The van der Waals surface area contributed by atoms with E-state index < -0.39 is 27.8 Å². The van der Waals surface area contributed by atoms with Gasteiger partial charge in [0.25, 0.3) is 0 Å². The lowest BCUT2D eigenvalue weighted by Crippen LogP contribution is -2.30. The maximum Gasteiger partial charge on any atom is 0.218 e. The molecule has 7 nitrogen and oxygen atoms in total. The SMILES string of the molecule is O=S(=O)(Cc1cc(Oc2ccc3c(c2)C2=NCCN2C=N3)ccc1F)N1CC[C@@H](F)C1. The number of fused-ring (bicyclic) bond motifs is 3. The van der Waals surface area contributed by atoms with Crippen LogP contribution >= 0.6 is 0 Å². The van der Waals surface area contributed by atoms with Gasteiger partial charge >= 0.3 is 0 Å². The fourth-order valence-corrected chi connectivity index (χ4v) is 5.47. The minimum atomic E-state index is -3.82. The van der Waals surface area contributed by atoms with Crippen molar-refractivity contribution in [1.82, 2.24) is 9.21 Å². The van der Waals surface area contributed by atoms with Gasteiger partial charge in [0.1, 0.15) is 29.3 Å². The van der Waals surface area contributed by atoms with Crippen LogP contribution in [0.15, 0.2) is 46.4 Å². The molecule has 3 aliphatic rings. The average molecular weight is 446 g/mol. The Hall–Kier alpha value is -2.85. The highest BCUT2D eigenvalue weighted by molar-refractivity contribution is 7.88. The van der Waals surface area contributed by atoms with Gasteiger partial charge in [-0.3, -0.25) is 4.99 Å². The van der Waals surface area contributed by atoms with Crippen LogP contribution in [0.4, 0.5) is 14.5 Å². The monoisotopic (exact) mass is 446 g/mol. The van der Waals surface area contributed by atoms with Crippen LogP contribution in [0.1, 0.15) is 17.5 Å².